The van der Waals surface area contributed by atoms with Gasteiger partial charge < -0.3 is 27.3 Å². The minimum Gasteiger partial charge on any atom is -0.415 e. The summed E-state index contributed by atoms with van der Waals surface area (Å²) >= 11 is 1.47. The second-order valence-electron chi connectivity index (χ2n) is 15.3. The molecule has 0 bridgehead atoms. The van der Waals surface area contributed by atoms with E-state index in [0.717, 1.165) is 5.16 Å². The number of aryl methyl sites for hydroxylation is 1. The lowest BCUT2D eigenvalue weighted by Gasteiger charge is -2.47. The highest BCUT2D eigenvalue weighted by Crippen LogP contribution is 2.40. The second kappa shape index (κ2) is 14.4. The molecule has 1 aromatic heterocycles. The molecule has 0 radical (unpaired) electrons. The highest BCUT2D eigenvalue weighted by Gasteiger charge is 2.52. The highest BCUT2D eigenvalue weighted by molar-refractivity contribution is 7.98. The Morgan fingerprint density at radius 1 is 1.00 bits per heavy atom. The summed E-state index contributed by atoms with van der Waals surface area (Å²) in [6, 6.07) is 0. The third-order valence-corrected chi connectivity index (χ3v) is 11.5. The number of carbonyl (C=O) groups is 2. The van der Waals surface area contributed by atoms with Crippen LogP contribution in [0.3, 0.4) is 0 Å². The van der Waals surface area contributed by atoms with Gasteiger partial charge in [0, 0.05) is 44.0 Å². The Morgan fingerprint density at radius 2 is 1.60 bits per heavy atom. The van der Waals surface area contributed by atoms with Crippen LogP contribution in [0.15, 0.2) is 11.4 Å². The van der Waals surface area contributed by atoms with Gasteiger partial charge in [0.15, 0.2) is 35.9 Å². The predicted octanol–water partition coefficient (Wildman–Crippen LogP) is 6.16. The normalized spacial score (nSPS) is 28.0. The van der Waals surface area contributed by atoms with Crippen LogP contribution in [0.1, 0.15) is 43.6 Å². The van der Waals surface area contributed by atoms with Crippen LogP contribution in [0.2, 0.25) is 58.9 Å². The van der Waals surface area contributed by atoms with Gasteiger partial charge in [-0.05, 0) is 72.1 Å². The van der Waals surface area contributed by atoms with Crippen molar-refractivity contribution in [2.75, 3.05) is 12.9 Å². The number of carbonyl (C=O) groups excluding carboxylic acids is 2. The van der Waals surface area contributed by atoms with Crippen molar-refractivity contribution in [2.24, 2.45) is 18.9 Å². The summed E-state index contributed by atoms with van der Waals surface area (Å²) < 4.78 is 34.5. The van der Waals surface area contributed by atoms with Crippen molar-refractivity contribution in [1.29, 1.82) is 0 Å². The number of ether oxygens (including phenoxy) is 2. The van der Waals surface area contributed by atoms with Crippen LogP contribution < -0.4 is 0 Å². The number of hydrogen-bond donors (Lipinski definition) is 0. The number of ketones is 2. The Hall–Kier alpha value is -0.649. The zero-order valence-corrected chi connectivity index (χ0v) is 32.5. The van der Waals surface area contributed by atoms with Crippen molar-refractivity contribution in [3.8, 4) is 0 Å². The van der Waals surface area contributed by atoms with Gasteiger partial charge in [0.25, 0.3) is 0 Å². The van der Waals surface area contributed by atoms with E-state index in [9.17, 15) is 9.59 Å². The predicted molar refractivity (Wildman–Crippen MR) is 180 cm³/mol. The Labute approximate surface area is 266 Å². The molecule has 0 N–H and O–H groups in total. The largest absolute Gasteiger partial charge is 0.415 e. The molecular weight excluding hydrogens is 617 g/mol. The van der Waals surface area contributed by atoms with E-state index in [2.05, 4.69) is 77.8 Å². The number of aromatic nitrogens is 2. The molecule has 2 aliphatic rings. The van der Waals surface area contributed by atoms with Crippen LogP contribution in [-0.4, -0.2) is 95.6 Å². The summed E-state index contributed by atoms with van der Waals surface area (Å²) in [4.78, 5) is 30.6. The van der Waals surface area contributed by atoms with Crippen molar-refractivity contribution in [3.63, 3.8) is 0 Å². The molecule has 0 amide bonds. The summed E-state index contributed by atoms with van der Waals surface area (Å²) in [6.45, 7) is 24.4. The van der Waals surface area contributed by atoms with E-state index in [0.29, 0.717) is 18.7 Å². The SMILES string of the molecule is CSc1nc(C(=O)CC(=O)C[C@H]2CO[C@@H](C[C@@H]3O[C@H]3[C@H](C)[C@H](C)O[Si](C)(C)C)[C@@H](O[Si](C)(C)C)[C@@H]2O[Si](C)(C)C)cn1C. The van der Waals surface area contributed by atoms with Gasteiger partial charge in [-0.15, -0.1) is 0 Å². The highest BCUT2D eigenvalue weighted by atomic mass is 32.2. The van der Waals surface area contributed by atoms with Crippen molar-refractivity contribution in [2.45, 2.75) is 134 Å². The minimum absolute atomic E-state index is 0.0771. The number of Topliss-reactive ketones (excluding diaryl/α,β-unsaturated/α-hetero) is 2. The zero-order valence-electron chi connectivity index (χ0n) is 28.7. The Kier molecular flexibility index (Phi) is 12.3. The average Bonchev–Trinajstić information content (AvgIpc) is 3.50. The van der Waals surface area contributed by atoms with E-state index >= 15 is 0 Å². The maximum Gasteiger partial charge on any atom is 0.190 e. The maximum absolute atomic E-state index is 13.3. The Morgan fingerprint density at radius 3 is 2.14 bits per heavy atom. The quantitative estimate of drug-likeness (QED) is 0.0672. The van der Waals surface area contributed by atoms with Crippen LogP contribution >= 0.6 is 11.8 Å². The lowest BCUT2D eigenvalue weighted by atomic mass is 9.85. The average molecular weight is 673 g/mol. The van der Waals surface area contributed by atoms with E-state index in [-0.39, 0.29) is 72.9 Å². The third-order valence-electron chi connectivity index (χ3n) is 7.69. The van der Waals surface area contributed by atoms with Gasteiger partial charge in [0.2, 0.25) is 0 Å². The molecule has 0 aromatic carbocycles. The summed E-state index contributed by atoms with van der Waals surface area (Å²) in [5.74, 6) is -0.304. The molecule has 3 heterocycles. The molecule has 0 spiro atoms. The molecule has 2 saturated heterocycles. The lowest BCUT2D eigenvalue weighted by Crippen LogP contribution is -2.58. The number of thioether (sulfide) groups is 1. The molecule has 2 aliphatic heterocycles. The molecule has 9 nitrogen and oxygen atoms in total. The van der Waals surface area contributed by atoms with Gasteiger partial charge in [0.05, 0.1) is 43.5 Å². The van der Waals surface area contributed by atoms with Gasteiger partial charge in [-0.2, -0.15) is 0 Å². The van der Waals surface area contributed by atoms with Crippen molar-refractivity contribution in [3.05, 3.63) is 11.9 Å². The van der Waals surface area contributed by atoms with Gasteiger partial charge in [0.1, 0.15) is 11.5 Å². The van der Waals surface area contributed by atoms with E-state index in [1.807, 2.05) is 17.9 Å². The molecule has 0 aliphatic carbocycles. The first-order valence-electron chi connectivity index (χ1n) is 15.6. The molecule has 0 unspecified atom stereocenters. The van der Waals surface area contributed by atoms with Crippen molar-refractivity contribution in [1.82, 2.24) is 9.55 Å². The molecule has 2 fully saturated rings. The van der Waals surface area contributed by atoms with E-state index in [1.165, 1.54) is 11.8 Å². The first-order valence-corrected chi connectivity index (χ1v) is 27.0. The molecule has 43 heavy (non-hydrogen) atoms. The molecule has 0 saturated carbocycles. The molecule has 246 valence electrons. The summed E-state index contributed by atoms with van der Waals surface area (Å²) in [5, 5.41) is 0.742. The molecule has 1 aromatic rings. The molecular formula is C30H56N2O7SSi3. The smallest absolute Gasteiger partial charge is 0.190 e. The van der Waals surface area contributed by atoms with Crippen LogP contribution in [0, 0.1) is 11.8 Å². The van der Waals surface area contributed by atoms with Crippen LogP contribution in [0.5, 0.6) is 0 Å². The van der Waals surface area contributed by atoms with E-state index in [4.69, 9.17) is 22.8 Å². The van der Waals surface area contributed by atoms with Crippen LogP contribution in [0.4, 0.5) is 0 Å². The van der Waals surface area contributed by atoms with Crippen LogP contribution in [0.25, 0.3) is 0 Å². The molecule has 8 atom stereocenters. The van der Waals surface area contributed by atoms with Crippen molar-refractivity contribution < 1.29 is 32.3 Å². The monoisotopic (exact) mass is 672 g/mol. The first kappa shape index (κ1) is 36.8. The summed E-state index contributed by atoms with van der Waals surface area (Å²) in [6.07, 6.45) is 3.86. The number of imidazole rings is 1. The van der Waals surface area contributed by atoms with Crippen LogP contribution in [-0.2, 0) is 34.6 Å². The fraction of sp³-hybridized carbons (Fsp3) is 0.833. The summed E-state index contributed by atoms with van der Waals surface area (Å²) in [7, 11) is -3.85. The standard InChI is InChI=1S/C30H56N2O7SSi3/c1-19(20(2)37-41(5,6)7)27-26(36-27)16-25-29(39-43(11,12)13)28(38-42(8,9)10)21(18-35-25)14-22(33)15-24(34)23-17-32(3)30(31-23)40-4/h17,19-21,25-29H,14-16,18H2,1-13H3/t19-,20+,21+,25+,26+,27+,28-,29-/m1/s1. The van der Waals surface area contributed by atoms with Crippen molar-refractivity contribution >= 4 is 48.3 Å². The minimum atomic E-state index is -2.03. The maximum atomic E-state index is 13.3. The number of nitrogens with zero attached hydrogens (tertiary/aromatic N) is 2. The van der Waals surface area contributed by atoms with Gasteiger partial charge in [-0.3, -0.25) is 9.59 Å². The fourth-order valence-corrected chi connectivity index (χ4v) is 9.90. The second-order valence-corrected chi connectivity index (χ2v) is 29.4. The molecule has 3 rings (SSSR count). The third kappa shape index (κ3) is 11.3. The Bertz CT molecular complexity index is 1110. The number of rotatable bonds is 16. The van der Waals surface area contributed by atoms with Gasteiger partial charge in [-0.25, -0.2) is 4.98 Å². The van der Waals surface area contributed by atoms with E-state index < -0.39 is 25.0 Å². The number of hydrogen-bond acceptors (Lipinski definition) is 9. The lowest BCUT2D eigenvalue weighted by molar-refractivity contribution is -0.158. The van der Waals surface area contributed by atoms with Gasteiger partial charge in [-0.1, -0.05) is 18.7 Å². The molecule has 13 heteroatoms. The Balaban J connectivity index is 1.74. The topological polar surface area (TPSA) is 101 Å². The zero-order chi connectivity index (χ0) is 32.5. The fourth-order valence-electron chi connectivity index (χ4n) is 5.79. The van der Waals surface area contributed by atoms with Gasteiger partial charge >= 0.3 is 0 Å². The summed E-state index contributed by atoms with van der Waals surface area (Å²) in [5.41, 5.74) is 0.327. The van der Waals surface area contributed by atoms with E-state index in [1.54, 1.807) is 6.20 Å². The first-order chi connectivity index (χ1) is 19.7. The number of epoxide rings is 1.